The van der Waals surface area contributed by atoms with Gasteiger partial charge < -0.3 is 15.3 Å². The van der Waals surface area contributed by atoms with E-state index in [1.807, 2.05) is 0 Å². The normalized spacial score (nSPS) is 8.82. The summed E-state index contributed by atoms with van der Waals surface area (Å²) in [6.45, 7) is 0.302. The fraction of sp³-hybridized carbons (Fsp3) is 0.167. The fourth-order valence-corrected chi connectivity index (χ4v) is 0.595. The molecule has 0 radical (unpaired) electrons. The summed E-state index contributed by atoms with van der Waals surface area (Å²) in [5.41, 5.74) is 5.90. The number of carbonyl (C=O) groups is 1. The number of aromatic carboxylic acids is 1. The summed E-state index contributed by atoms with van der Waals surface area (Å²) in [4.78, 5) is 10.2. The Bertz CT molecular complexity index is 246. The number of rotatable bonds is 2. The van der Waals surface area contributed by atoms with Crippen LogP contribution >= 0.6 is 12.4 Å². The minimum atomic E-state index is -1.07. The lowest BCUT2D eigenvalue weighted by atomic mass is 10.3. The van der Waals surface area contributed by atoms with Crippen LogP contribution in [0.3, 0.4) is 0 Å². The highest BCUT2D eigenvalue weighted by Crippen LogP contribution is 2.05. The van der Waals surface area contributed by atoms with Gasteiger partial charge in [0.15, 0.2) is 0 Å². The first kappa shape index (κ1) is 10.0. The van der Waals surface area contributed by atoms with E-state index in [-0.39, 0.29) is 18.2 Å². The molecular formula is C6H8ClNO3. The highest BCUT2D eigenvalue weighted by molar-refractivity contribution is 5.85. The highest BCUT2D eigenvalue weighted by atomic mass is 35.5. The van der Waals surface area contributed by atoms with Crippen molar-refractivity contribution in [3.63, 3.8) is 0 Å². The third-order valence-electron chi connectivity index (χ3n) is 1.10. The predicted octanol–water partition coefficient (Wildman–Crippen LogP) is 0.858. The van der Waals surface area contributed by atoms with Gasteiger partial charge in [-0.15, -0.1) is 12.4 Å². The van der Waals surface area contributed by atoms with Crippen molar-refractivity contribution in [3.8, 4) is 0 Å². The summed E-state index contributed by atoms with van der Waals surface area (Å²) in [6, 6.07) is 1.41. The van der Waals surface area contributed by atoms with E-state index in [4.69, 9.17) is 10.8 Å². The zero-order valence-electron chi connectivity index (χ0n) is 5.61. The summed E-state index contributed by atoms with van der Waals surface area (Å²) < 4.78 is 4.64. The topological polar surface area (TPSA) is 76.5 Å². The van der Waals surface area contributed by atoms with Crippen LogP contribution in [0.5, 0.6) is 0 Å². The van der Waals surface area contributed by atoms with Crippen molar-refractivity contribution in [1.82, 2.24) is 0 Å². The molecule has 0 aliphatic carbocycles. The first-order valence-electron chi connectivity index (χ1n) is 2.75. The molecule has 1 aromatic rings. The standard InChI is InChI=1S/C6H7NO3.ClH/c7-2-4-1-5(6(8)9)10-3-4;/h1,3H,2,7H2,(H,8,9);1H. The van der Waals surface area contributed by atoms with Gasteiger partial charge in [-0.25, -0.2) is 4.79 Å². The maximum absolute atomic E-state index is 10.2. The first-order valence-corrected chi connectivity index (χ1v) is 2.75. The van der Waals surface area contributed by atoms with E-state index in [1.165, 1.54) is 12.3 Å². The molecule has 5 heteroatoms. The van der Waals surface area contributed by atoms with Gasteiger partial charge in [-0.1, -0.05) is 0 Å². The van der Waals surface area contributed by atoms with Crippen molar-refractivity contribution in [1.29, 1.82) is 0 Å². The molecule has 0 bridgehead atoms. The molecule has 1 aromatic heterocycles. The Balaban J connectivity index is 0.000001000. The van der Waals surface area contributed by atoms with E-state index in [0.717, 1.165) is 0 Å². The van der Waals surface area contributed by atoms with Gasteiger partial charge in [-0.2, -0.15) is 0 Å². The highest BCUT2D eigenvalue weighted by Gasteiger charge is 2.06. The quantitative estimate of drug-likeness (QED) is 0.703. The Kier molecular flexibility index (Phi) is 3.64. The van der Waals surface area contributed by atoms with Crippen LogP contribution in [0.25, 0.3) is 0 Å². The molecule has 0 aliphatic heterocycles. The van der Waals surface area contributed by atoms with Crippen molar-refractivity contribution in [3.05, 3.63) is 23.7 Å². The molecule has 0 amide bonds. The second-order valence-corrected chi connectivity index (χ2v) is 1.83. The number of hydrogen-bond acceptors (Lipinski definition) is 3. The zero-order chi connectivity index (χ0) is 7.56. The molecule has 62 valence electrons. The predicted molar refractivity (Wildman–Crippen MR) is 40.8 cm³/mol. The van der Waals surface area contributed by atoms with Gasteiger partial charge in [0.2, 0.25) is 5.76 Å². The largest absolute Gasteiger partial charge is 0.475 e. The Labute approximate surface area is 69.4 Å². The van der Waals surface area contributed by atoms with Gasteiger partial charge in [-0.3, -0.25) is 0 Å². The molecule has 0 saturated heterocycles. The number of hydrogen-bond donors (Lipinski definition) is 2. The minimum Gasteiger partial charge on any atom is -0.475 e. The Morgan fingerprint density at radius 2 is 2.36 bits per heavy atom. The van der Waals surface area contributed by atoms with Gasteiger partial charge in [-0.05, 0) is 6.07 Å². The molecule has 0 aliphatic rings. The average Bonchev–Trinajstić information content (AvgIpc) is 2.34. The van der Waals surface area contributed by atoms with E-state index in [2.05, 4.69) is 4.42 Å². The van der Waals surface area contributed by atoms with Gasteiger partial charge >= 0.3 is 5.97 Å². The van der Waals surface area contributed by atoms with Gasteiger partial charge in [0.05, 0.1) is 6.26 Å². The van der Waals surface area contributed by atoms with Crippen LogP contribution in [0.4, 0.5) is 0 Å². The molecule has 0 unspecified atom stereocenters. The van der Waals surface area contributed by atoms with Crippen molar-refractivity contribution < 1.29 is 14.3 Å². The molecule has 3 N–H and O–H groups in total. The molecule has 1 heterocycles. The van der Waals surface area contributed by atoms with E-state index < -0.39 is 5.97 Å². The summed E-state index contributed by atoms with van der Waals surface area (Å²) in [7, 11) is 0. The monoisotopic (exact) mass is 177 g/mol. The van der Waals surface area contributed by atoms with Gasteiger partial charge in [0.25, 0.3) is 0 Å². The van der Waals surface area contributed by atoms with Crippen LogP contribution in [0.1, 0.15) is 16.1 Å². The fourth-order valence-electron chi connectivity index (χ4n) is 0.595. The zero-order valence-corrected chi connectivity index (χ0v) is 6.43. The lowest BCUT2D eigenvalue weighted by molar-refractivity contribution is 0.0662. The van der Waals surface area contributed by atoms with E-state index in [9.17, 15) is 4.79 Å². The molecule has 0 atom stereocenters. The Hall–Kier alpha value is -1.00. The minimum absolute atomic E-state index is 0. The summed E-state index contributed by atoms with van der Waals surface area (Å²) in [5, 5.41) is 8.36. The third kappa shape index (κ3) is 2.25. The maximum atomic E-state index is 10.2. The number of furan rings is 1. The summed E-state index contributed by atoms with van der Waals surface area (Å²) in [5.74, 6) is -1.14. The molecule has 0 fully saturated rings. The van der Waals surface area contributed by atoms with Crippen molar-refractivity contribution in [2.45, 2.75) is 6.54 Å². The summed E-state index contributed by atoms with van der Waals surface area (Å²) >= 11 is 0. The van der Waals surface area contributed by atoms with Crippen LogP contribution in [-0.4, -0.2) is 11.1 Å². The lowest BCUT2D eigenvalue weighted by Crippen LogP contribution is -1.95. The van der Waals surface area contributed by atoms with Crippen LogP contribution in [0, 0.1) is 0 Å². The smallest absolute Gasteiger partial charge is 0.371 e. The number of halogens is 1. The molecule has 1 rings (SSSR count). The van der Waals surface area contributed by atoms with Crippen LogP contribution in [0.15, 0.2) is 16.7 Å². The Morgan fingerprint density at radius 1 is 1.73 bits per heavy atom. The van der Waals surface area contributed by atoms with Gasteiger partial charge in [0, 0.05) is 12.1 Å². The second-order valence-electron chi connectivity index (χ2n) is 1.83. The lowest BCUT2D eigenvalue weighted by Gasteiger charge is -1.80. The van der Waals surface area contributed by atoms with Crippen LogP contribution < -0.4 is 5.73 Å². The number of carboxylic acid groups (broad SMARTS) is 1. The van der Waals surface area contributed by atoms with E-state index in [1.54, 1.807) is 0 Å². The molecule has 0 spiro atoms. The summed E-state index contributed by atoms with van der Waals surface area (Å²) in [6.07, 6.45) is 1.34. The molecule has 4 nitrogen and oxygen atoms in total. The Morgan fingerprint density at radius 3 is 2.64 bits per heavy atom. The van der Waals surface area contributed by atoms with Crippen molar-refractivity contribution in [2.24, 2.45) is 5.73 Å². The average molecular weight is 178 g/mol. The molecule has 0 saturated carbocycles. The van der Waals surface area contributed by atoms with E-state index >= 15 is 0 Å². The maximum Gasteiger partial charge on any atom is 0.371 e. The number of nitrogens with two attached hydrogens (primary N) is 1. The van der Waals surface area contributed by atoms with Crippen molar-refractivity contribution >= 4 is 18.4 Å². The third-order valence-corrected chi connectivity index (χ3v) is 1.10. The molecule has 11 heavy (non-hydrogen) atoms. The second kappa shape index (κ2) is 4.00. The molecular weight excluding hydrogens is 170 g/mol. The van der Waals surface area contributed by atoms with Crippen LogP contribution in [-0.2, 0) is 6.54 Å². The first-order chi connectivity index (χ1) is 4.74. The van der Waals surface area contributed by atoms with Gasteiger partial charge in [0.1, 0.15) is 0 Å². The number of carboxylic acids is 1. The van der Waals surface area contributed by atoms with Crippen molar-refractivity contribution in [2.75, 3.05) is 0 Å². The van der Waals surface area contributed by atoms with Crippen LogP contribution in [0.2, 0.25) is 0 Å². The van der Waals surface area contributed by atoms with E-state index in [0.29, 0.717) is 12.1 Å². The SMILES string of the molecule is Cl.NCc1coc(C(=O)O)c1. The molecule has 0 aromatic carbocycles.